The van der Waals surface area contributed by atoms with Crippen molar-refractivity contribution in [2.45, 2.75) is 102 Å². The number of rotatable bonds is 2. The molecule has 0 spiro atoms. The van der Waals surface area contributed by atoms with E-state index in [1.165, 1.54) is 25.7 Å². The van der Waals surface area contributed by atoms with E-state index in [1.54, 1.807) is 0 Å². The summed E-state index contributed by atoms with van der Waals surface area (Å²) in [6.45, 7) is 2.30. The van der Waals surface area contributed by atoms with E-state index in [4.69, 9.17) is 0 Å². The highest BCUT2D eigenvalue weighted by Crippen LogP contribution is 2.46. The maximum absolute atomic E-state index is 14.9. The summed E-state index contributed by atoms with van der Waals surface area (Å²) in [7, 11) is 0. The van der Waals surface area contributed by atoms with Gasteiger partial charge in [-0.25, -0.2) is 13.2 Å². The molecule has 6 unspecified atom stereocenters. The third-order valence-corrected chi connectivity index (χ3v) is 7.39. The Morgan fingerprint density at radius 1 is 0.583 bits per heavy atom. The molecule has 3 aliphatic rings. The van der Waals surface area contributed by atoms with Gasteiger partial charge >= 0.3 is 0 Å². The molecule has 0 aromatic carbocycles. The average molecular weight is 345 g/mol. The van der Waals surface area contributed by atoms with Crippen LogP contribution in [0.1, 0.15) is 84.0 Å². The molecule has 0 aromatic rings. The van der Waals surface area contributed by atoms with E-state index < -0.39 is 18.5 Å². The quantitative estimate of drug-likeness (QED) is 0.515. The molecule has 0 heterocycles. The Balaban J connectivity index is 1.55. The fourth-order valence-corrected chi connectivity index (χ4v) is 5.80. The molecule has 0 radical (unpaired) electrons. The predicted molar refractivity (Wildman–Crippen MR) is 93.2 cm³/mol. The first-order valence-electron chi connectivity index (χ1n) is 10.5. The van der Waals surface area contributed by atoms with Crippen LogP contribution in [0.15, 0.2) is 0 Å². The predicted octanol–water partition coefficient (Wildman–Crippen LogP) is 6.82. The van der Waals surface area contributed by atoms with Crippen molar-refractivity contribution in [2.24, 2.45) is 29.6 Å². The van der Waals surface area contributed by atoms with Gasteiger partial charge in [0.1, 0.15) is 18.5 Å². The van der Waals surface area contributed by atoms with E-state index in [2.05, 4.69) is 6.92 Å². The molecule has 0 aliphatic heterocycles. The van der Waals surface area contributed by atoms with Crippen LogP contribution in [0.25, 0.3) is 0 Å². The van der Waals surface area contributed by atoms with Crippen molar-refractivity contribution in [1.82, 2.24) is 0 Å². The summed E-state index contributed by atoms with van der Waals surface area (Å²) < 4.78 is 43.2. The van der Waals surface area contributed by atoms with Crippen molar-refractivity contribution in [1.29, 1.82) is 0 Å². The Labute approximate surface area is 146 Å². The van der Waals surface area contributed by atoms with Gasteiger partial charge in [-0.05, 0) is 74.5 Å². The summed E-state index contributed by atoms with van der Waals surface area (Å²) in [5.74, 6) is 1.58. The SMILES string of the molecule is CC1CCC(C2CCC(C3CCCCC(F)CC3F)CC2F)CC1. The molecular weight excluding hydrogens is 309 g/mol. The molecular formula is C21H35F3. The fraction of sp³-hybridized carbons (Fsp3) is 1.00. The number of hydrogen-bond donors (Lipinski definition) is 0. The van der Waals surface area contributed by atoms with Crippen LogP contribution in [0.2, 0.25) is 0 Å². The van der Waals surface area contributed by atoms with Crippen molar-refractivity contribution in [3.8, 4) is 0 Å². The molecule has 140 valence electrons. The third kappa shape index (κ3) is 4.49. The third-order valence-electron chi connectivity index (χ3n) is 7.39. The Kier molecular flexibility index (Phi) is 6.54. The normalized spacial score (nSPS) is 48.5. The standard InChI is InChI=1S/C21H35F3/c1-14-6-8-15(9-7-14)19-11-10-16(12-20(19)23)18-5-3-2-4-17(22)13-21(18)24/h14-21H,2-13H2,1H3. The summed E-state index contributed by atoms with van der Waals surface area (Å²) in [6.07, 6.45) is 7.56. The smallest absolute Gasteiger partial charge is 0.106 e. The van der Waals surface area contributed by atoms with Crippen LogP contribution in [0.4, 0.5) is 13.2 Å². The maximum Gasteiger partial charge on any atom is 0.106 e. The van der Waals surface area contributed by atoms with Gasteiger partial charge < -0.3 is 0 Å². The highest BCUT2D eigenvalue weighted by atomic mass is 19.1. The van der Waals surface area contributed by atoms with E-state index in [9.17, 15) is 13.2 Å². The first kappa shape index (κ1) is 18.6. The summed E-state index contributed by atoms with van der Waals surface area (Å²) in [5.41, 5.74) is 0. The monoisotopic (exact) mass is 344 g/mol. The van der Waals surface area contributed by atoms with Gasteiger partial charge in [0.05, 0.1) is 0 Å². The molecule has 3 fully saturated rings. The molecule has 3 aliphatic carbocycles. The molecule has 24 heavy (non-hydrogen) atoms. The molecule has 3 rings (SSSR count). The molecule has 6 atom stereocenters. The first-order chi connectivity index (χ1) is 11.5. The number of alkyl halides is 3. The molecule has 0 N–H and O–H groups in total. The van der Waals surface area contributed by atoms with E-state index in [0.29, 0.717) is 18.8 Å². The highest BCUT2D eigenvalue weighted by molar-refractivity contribution is 4.91. The van der Waals surface area contributed by atoms with E-state index >= 15 is 0 Å². The summed E-state index contributed by atoms with van der Waals surface area (Å²) in [5, 5.41) is 0. The van der Waals surface area contributed by atoms with Crippen molar-refractivity contribution in [3.05, 3.63) is 0 Å². The Hall–Kier alpha value is -0.210. The van der Waals surface area contributed by atoms with Crippen molar-refractivity contribution >= 4 is 0 Å². The lowest BCUT2D eigenvalue weighted by Crippen LogP contribution is -2.38. The topological polar surface area (TPSA) is 0 Å². The highest BCUT2D eigenvalue weighted by Gasteiger charge is 2.41. The van der Waals surface area contributed by atoms with E-state index in [1.807, 2.05) is 0 Å². The lowest BCUT2D eigenvalue weighted by atomic mass is 9.65. The van der Waals surface area contributed by atoms with Gasteiger partial charge in [0.2, 0.25) is 0 Å². The maximum atomic E-state index is 14.9. The molecule has 3 heteroatoms. The van der Waals surface area contributed by atoms with Crippen molar-refractivity contribution in [3.63, 3.8) is 0 Å². The summed E-state index contributed by atoms with van der Waals surface area (Å²) in [4.78, 5) is 0. The first-order valence-corrected chi connectivity index (χ1v) is 10.5. The largest absolute Gasteiger partial charge is 0.247 e. The van der Waals surface area contributed by atoms with E-state index in [0.717, 1.165) is 38.0 Å². The molecule has 0 bridgehead atoms. The van der Waals surface area contributed by atoms with Gasteiger partial charge in [-0.15, -0.1) is 0 Å². The summed E-state index contributed by atoms with van der Waals surface area (Å²) >= 11 is 0. The fourth-order valence-electron chi connectivity index (χ4n) is 5.80. The van der Waals surface area contributed by atoms with Crippen LogP contribution in [-0.4, -0.2) is 18.5 Å². The molecule has 0 aromatic heterocycles. The summed E-state index contributed by atoms with van der Waals surface area (Å²) in [6, 6.07) is 0. The second-order valence-electron chi connectivity index (χ2n) is 9.07. The minimum atomic E-state index is -1.07. The molecule has 0 amide bonds. The zero-order chi connectivity index (χ0) is 17.1. The number of halogens is 3. The van der Waals surface area contributed by atoms with Crippen LogP contribution in [-0.2, 0) is 0 Å². The van der Waals surface area contributed by atoms with Crippen molar-refractivity contribution in [2.75, 3.05) is 0 Å². The second kappa shape index (κ2) is 8.45. The number of hydrogen-bond acceptors (Lipinski definition) is 0. The van der Waals surface area contributed by atoms with Gasteiger partial charge in [0.15, 0.2) is 0 Å². The van der Waals surface area contributed by atoms with Crippen LogP contribution in [0.5, 0.6) is 0 Å². The minimum absolute atomic E-state index is 0.0437. The van der Waals surface area contributed by atoms with Gasteiger partial charge in [-0.2, -0.15) is 0 Å². The van der Waals surface area contributed by atoms with Crippen LogP contribution >= 0.6 is 0 Å². The zero-order valence-corrected chi connectivity index (χ0v) is 15.2. The van der Waals surface area contributed by atoms with Gasteiger partial charge in [0, 0.05) is 6.42 Å². The van der Waals surface area contributed by atoms with Gasteiger partial charge in [-0.1, -0.05) is 32.6 Å². The Morgan fingerprint density at radius 3 is 1.88 bits per heavy atom. The lowest BCUT2D eigenvalue weighted by Gasteiger charge is -2.42. The van der Waals surface area contributed by atoms with E-state index in [-0.39, 0.29) is 24.2 Å². The molecule has 0 saturated heterocycles. The van der Waals surface area contributed by atoms with Gasteiger partial charge in [0.25, 0.3) is 0 Å². The zero-order valence-electron chi connectivity index (χ0n) is 15.2. The second-order valence-corrected chi connectivity index (χ2v) is 9.07. The van der Waals surface area contributed by atoms with Crippen molar-refractivity contribution < 1.29 is 13.2 Å². The van der Waals surface area contributed by atoms with Crippen LogP contribution < -0.4 is 0 Å². The lowest BCUT2D eigenvalue weighted by molar-refractivity contribution is 0.0145. The van der Waals surface area contributed by atoms with Crippen LogP contribution in [0.3, 0.4) is 0 Å². The van der Waals surface area contributed by atoms with Gasteiger partial charge in [-0.3, -0.25) is 0 Å². The van der Waals surface area contributed by atoms with Crippen LogP contribution in [0, 0.1) is 29.6 Å². The molecule has 3 saturated carbocycles. The Morgan fingerprint density at radius 2 is 1.17 bits per heavy atom. The Bertz CT molecular complexity index is 377. The minimum Gasteiger partial charge on any atom is -0.247 e. The molecule has 0 nitrogen and oxygen atoms in total. The average Bonchev–Trinajstić information content (AvgIpc) is 2.54.